The van der Waals surface area contributed by atoms with E-state index in [1.54, 1.807) is 44.6 Å². The van der Waals surface area contributed by atoms with Crippen molar-refractivity contribution in [1.82, 2.24) is 4.90 Å². The molecule has 1 amide bonds. The van der Waals surface area contributed by atoms with E-state index in [1.165, 1.54) is 25.3 Å². The molecular weight excluding hydrogens is 437 g/mol. The average Bonchev–Trinajstić information content (AvgIpc) is 2.86. The van der Waals surface area contributed by atoms with Gasteiger partial charge in [0.15, 0.2) is 11.5 Å². The van der Waals surface area contributed by atoms with Crippen LogP contribution in [0.5, 0.6) is 17.2 Å². The Morgan fingerprint density at radius 1 is 1.06 bits per heavy atom. The van der Waals surface area contributed by atoms with Crippen LogP contribution in [0.25, 0.3) is 6.08 Å². The number of likely N-dealkylation sites (tertiary alicyclic amines) is 1. The number of ether oxygens (including phenoxy) is 3. The Bertz CT molecular complexity index is 1030. The summed E-state index contributed by atoms with van der Waals surface area (Å²) in [6.45, 7) is 0.438. The van der Waals surface area contributed by atoms with Crippen molar-refractivity contribution < 1.29 is 28.5 Å². The van der Waals surface area contributed by atoms with Crippen molar-refractivity contribution in [2.24, 2.45) is 5.92 Å². The second kappa shape index (κ2) is 10.1. The van der Waals surface area contributed by atoms with E-state index in [9.17, 15) is 14.3 Å². The summed E-state index contributed by atoms with van der Waals surface area (Å²) in [5.74, 6) is 0.928. The quantitative estimate of drug-likeness (QED) is 0.618. The molecule has 1 heterocycles. The smallest absolute Gasteiger partial charge is 0.247 e. The predicted molar refractivity (Wildman–Crippen MR) is 128 cm³/mol. The number of hydrogen-bond acceptors (Lipinski definition) is 5. The van der Waals surface area contributed by atoms with Crippen LogP contribution in [0.15, 0.2) is 42.5 Å². The highest BCUT2D eigenvalue weighted by atomic mass is 19.1. The highest BCUT2D eigenvalue weighted by molar-refractivity contribution is 5.92. The van der Waals surface area contributed by atoms with Crippen molar-refractivity contribution in [3.63, 3.8) is 0 Å². The molecule has 1 saturated heterocycles. The molecule has 1 aliphatic heterocycles. The van der Waals surface area contributed by atoms with Crippen molar-refractivity contribution in [2.75, 3.05) is 27.9 Å². The van der Waals surface area contributed by atoms with Crippen LogP contribution < -0.4 is 14.2 Å². The number of halogens is 1. The molecule has 2 aromatic carbocycles. The first-order valence-electron chi connectivity index (χ1n) is 11.7. The van der Waals surface area contributed by atoms with Gasteiger partial charge < -0.3 is 24.2 Å². The molecule has 0 radical (unpaired) electrons. The van der Waals surface area contributed by atoms with Gasteiger partial charge in [-0.1, -0.05) is 25.0 Å². The van der Waals surface area contributed by atoms with Crippen LogP contribution in [0.2, 0.25) is 0 Å². The molecule has 182 valence electrons. The van der Waals surface area contributed by atoms with Crippen LogP contribution in [0, 0.1) is 11.7 Å². The van der Waals surface area contributed by atoms with Crippen LogP contribution in [0.1, 0.15) is 49.3 Å². The number of nitrogens with zero attached hydrogens (tertiary/aromatic N) is 1. The molecule has 4 rings (SSSR count). The van der Waals surface area contributed by atoms with Gasteiger partial charge in [-0.3, -0.25) is 4.79 Å². The van der Waals surface area contributed by atoms with Gasteiger partial charge in [-0.25, -0.2) is 4.39 Å². The Labute approximate surface area is 199 Å². The van der Waals surface area contributed by atoms with Gasteiger partial charge in [-0.05, 0) is 60.7 Å². The molecule has 1 aliphatic carbocycles. The van der Waals surface area contributed by atoms with E-state index in [-0.39, 0.29) is 23.7 Å². The van der Waals surface area contributed by atoms with E-state index in [0.717, 1.165) is 36.8 Å². The van der Waals surface area contributed by atoms with Crippen molar-refractivity contribution in [1.29, 1.82) is 0 Å². The summed E-state index contributed by atoms with van der Waals surface area (Å²) in [5.41, 5.74) is 0.780. The zero-order chi connectivity index (χ0) is 24.3. The van der Waals surface area contributed by atoms with Gasteiger partial charge in [0.05, 0.1) is 33.0 Å². The monoisotopic (exact) mass is 469 g/mol. The molecule has 0 aromatic heterocycles. The fourth-order valence-corrected chi connectivity index (χ4v) is 5.46. The maximum absolute atomic E-state index is 13.6. The molecule has 2 fully saturated rings. The zero-order valence-corrected chi connectivity index (χ0v) is 19.9. The largest absolute Gasteiger partial charge is 0.493 e. The topological polar surface area (TPSA) is 68.2 Å². The van der Waals surface area contributed by atoms with Gasteiger partial charge >= 0.3 is 0 Å². The lowest BCUT2D eigenvalue weighted by atomic mass is 9.66. The Balaban J connectivity index is 1.65. The zero-order valence-electron chi connectivity index (χ0n) is 19.9. The third-order valence-corrected chi connectivity index (χ3v) is 7.17. The highest BCUT2D eigenvalue weighted by Gasteiger charge is 2.49. The number of aliphatic hydroxyl groups is 1. The molecule has 3 atom stereocenters. The minimum atomic E-state index is -0.797. The SMILES string of the molecule is COc1cc(/C=C/C(=O)N2CCC3(O)CCCCC3C2c2ccc(F)cc2)cc(OC)c1OC. The first-order valence-corrected chi connectivity index (χ1v) is 11.7. The fraction of sp³-hybridized carbons (Fsp3) is 0.444. The van der Waals surface area contributed by atoms with Crippen molar-refractivity contribution >= 4 is 12.0 Å². The minimum absolute atomic E-state index is 0.0843. The van der Waals surface area contributed by atoms with Crippen LogP contribution >= 0.6 is 0 Å². The number of hydrogen-bond donors (Lipinski definition) is 1. The summed E-state index contributed by atoms with van der Waals surface area (Å²) in [7, 11) is 4.63. The Kier molecular flexibility index (Phi) is 7.12. The second-order valence-electron chi connectivity index (χ2n) is 9.03. The van der Waals surface area contributed by atoms with Crippen LogP contribution in [0.4, 0.5) is 4.39 Å². The van der Waals surface area contributed by atoms with Crippen LogP contribution in [-0.4, -0.2) is 49.4 Å². The van der Waals surface area contributed by atoms with Crippen LogP contribution in [0.3, 0.4) is 0 Å². The number of rotatable bonds is 6. The third-order valence-electron chi connectivity index (χ3n) is 7.17. The van der Waals surface area contributed by atoms with Gasteiger partial charge in [0.2, 0.25) is 11.7 Å². The van der Waals surface area contributed by atoms with Gasteiger partial charge in [0.1, 0.15) is 5.82 Å². The molecule has 34 heavy (non-hydrogen) atoms. The summed E-state index contributed by atoms with van der Waals surface area (Å²) >= 11 is 0. The number of carbonyl (C=O) groups is 1. The predicted octanol–water partition coefficient (Wildman–Crippen LogP) is 4.76. The molecule has 0 spiro atoms. The van der Waals surface area contributed by atoms with Gasteiger partial charge in [-0.15, -0.1) is 0 Å². The van der Waals surface area contributed by atoms with Gasteiger partial charge in [-0.2, -0.15) is 0 Å². The average molecular weight is 470 g/mol. The lowest BCUT2D eigenvalue weighted by molar-refractivity contribution is -0.150. The molecule has 1 N–H and O–H groups in total. The number of carbonyl (C=O) groups excluding carboxylic acids is 1. The molecule has 1 saturated carbocycles. The maximum Gasteiger partial charge on any atom is 0.247 e. The first kappa shape index (κ1) is 24.1. The van der Waals surface area contributed by atoms with Gasteiger partial charge in [0.25, 0.3) is 0 Å². The number of piperidine rings is 1. The van der Waals surface area contributed by atoms with E-state index in [2.05, 4.69) is 0 Å². The Morgan fingerprint density at radius 2 is 1.74 bits per heavy atom. The summed E-state index contributed by atoms with van der Waals surface area (Å²) in [6.07, 6.45) is 7.35. The number of benzene rings is 2. The summed E-state index contributed by atoms with van der Waals surface area (Å²) in [4.78, 5) is 15.2. The summed E-state index contributed by atoms with van der Waals surface area (Å²) in [6, 6.07) is 9.53. The minimum Gasteiger partial charge on any atom is -0.493 e. The molecular formula is C27H32FNO5. The molecule has 0 bridgehead atoms. The molecule has 7 heteroatoms. The maximum atomic E-state index is 13.6. The number of fused-ring (bicyclic) bond motifs is 1. The van der Waals surface area contributed by atoms with Gasteiger partial charge in [0, 0.05) is 18.5 Å². The molecule has 3 unspecified atom stereocenters. The van der Waals surface area contributed by atoms with E-state index < -0.39 is 5.60 Å². The summed E-state index contributed by atoms with van der Waals surface area (Å²) < 4.78 is 29.8. The Morgan fingerprint density at radius 3 is 2.35 bits per heavy atom. The number of methoxy groups -OCH3 is 3. The van der Waals surface area contributed by atoms with Crippen molar-refractivity contribution in [3.8, 4) is 17.2 Å². The normalized spacial score (nSPS) is 24.6. The van der Waals surface area contributed by atoms with E-state index in [1.807, 2.05) is 4.90 Å². The summed E-state index contributed by atoms with van der Waals surface area (Å²) in [5, 5.41) is 11.4. The van der Waals surface area contributed by atoms with Crippen molar-refractivity contribution in [2.45, 2.75) is 43.7 Å². The van der Waals surface area contributed by atoms with Crippen molar-refractivity contribution in [3.05, 3.63) is 59.4 Å². The second-order valence-corrected chi connectivity index (χ2v) is 9.03. The number of amides is 1. The van der Waals surface area contributed by atoms with Crippen LogP contribution in [-0.2, 0) is 4.79 Å². The fourth-order valence-electron chi connectivity index (χ4n) is 5.46. The molecule has 6 nitrogen and oxygen atoms in total. The Hall–Kier alpha value is -3.06. The molecule has 2 aliphatic rings. The lowest BCUT2D eigenvalue weighted by Gasteiger charge is -2.52. The van der Waals surface area contributed by atoms with E-state index in [0.29, 0.717) is 30.2 Å². The van der Waals surface area contributed by atoms with E-state index >= 15 is 0 Å². The standard InChI is InChI=1S/C27H32FNO5/c1-32-22-16-18(17-23(33-2)26(22)34-3)7-12-24(30)29-15-14-27(31)13-5-4-6-21(27)25(29)19-8-10-20(28)11-9-19/h7-12,16-17,21,25,31H,4-6,13-15H2,1-3H3/b12-7+. The highest BCUT2D eigenvalue weighted by Crippen LogP contribution is 2.49. The first-order chi connectivity index (χ1) is 16.4. The molecule has 2 aromatic rings. The third kappa shape index (κ3) is 4.62. The lowest BCUT2D eigenvalue weighted by Crippen LogP contribution is -2.56. The van der Waals surface area contributed by atoms with E-state index in [4.69, 9.17) is 14.2 Å².